The van der Waals surface area contributed by atoms with E-state index in [-0.39, 0.29) is 17.4 Å². The summed E-state index contributed by atoms with van der Waals surface area (Å²) < 4.78 is 31.7. The molecule has 0 fully saturated rings. The van der Waals surface area contributed by atoms with Crippen LogP contribution in [0.1, 0.15) is 46.0 Å². The van der Waals surface area contributed by atoms with Crippen molar-refractivity contribution in [3.8, 4) is 5.75 Å². The monoisotopic (exact) mass is 394 g/mol. The van der Waals surface area contributed by atoms with Crippen molar-refractivity contribution in [2.75, 3.05) is 26.2 Å². The number of hydrogen-bond acceptors (Lipinski definition) is 4. The average Bonchev–Trinajstić information content (AvgIpc) is 2.68. The summed E-state index contributed by atoms with van der Waals surface area (Å²) in [4.78, 5) is 12.1. The summed E-state index contributed by atoms with van der Waals surface area (Å²) in [6.07, 6.45) is 7.95. The lowest BCUT2D eigenvalue weighted by atomic mass is 9.97. The molecule has 1 aliphatic carbocycles. The number of rotatable bonds is 10. The largest absolute Gasteiger partial charge is 0.484 e. The van der Waals surface area contributed by atoms with Crippen LogP contribution in [-0.4, -0.2) is 44.9 Å². The Hall–Kier alpha value is -1.86. The quantitative estimate of drug-likeness (QED) is 0.619. The molecule has 0 saturated heterocycles. The van der Waals surface area contributed by atoms with Crippen LogP contribution < -0.4 is 10.1 Å². The molecule has 1 aromatic carbocycles. The summed E-state index contributed by atoms with van der Waals surface area (Å²) in [5, 5.41) is 2.86. The lowest BCUT2D eigenvalue weighted by Gasteiger charge is -2.18. The molecule has 0 unspecified atom stereocenters. The summed E-state index contributed by atoms with van der Waals surface area (Å²) in [5.74, 6) is 0.296. The molecule has 0 bridgehead atoms. The molecule has 1 N–H and O–H groups in total. The van der Waals surface area contributed by atoms with Crippen LogP contribution in [0.15, 0.2) is 40.8 Å². The molecule has 0 spiro atoms. The molecule has 6 nitrogen and oxygen atoms in total. The minimum absolute atomic E-state index is 0.0822. The molecule has 150 valence electrons. The molecule has 0 radical (unpaired) electrons. The van der Waals surface area contributed by atoms with Gasteiger partial charge in [-0.3, -0.25) is 4.79 Å². The van der Waals surface area contributed by atoms with Gasteiger partial charge in [0.1, 0.15) is 5.75 Å². The van der Waals surface area contributed by atoms with Crippen LogP contribution in [0.3, 0.4) is 0 Å². The van der Waals surface area contributed by atoms with E-state index in [1.165, 1.54) is 34.9 Å². The van der Waals surface area contributed by atoms with Gasteiger partial charge in [0.2, 0.25) is 10.0 Å². The van der Waals surface area contributed by atoms with Crippen LogP contribution in [0.25, 0.3) is 0 Å². The van der Waals surface area contributed by atoms with E-state index in [2.05, 4.69) is 11.4 Å². The molecule has 2 rings (SSSR count). The Morgan fingerprint density at radius 3 is 2.44 bits per heavy atom. The molecule has 0 aromatic heterocycles. The van der Waals surface area contributed by atoms with Crippen molar-refractivity contribution in [3.05, 3.63) is 35.9 Å². The summed E-state index contributed by atoms with van der Waals surface area (Å²) in [7, 11) is -3.48. The highest BCUT2D eigenvalue weighted by atomic mass is 32.2. The third-order valence-electron chi connectivity index (χ3n) is 4.69. The molecular formula is C20H30N2O4S. The number of hydrogen-bond donors (Lipinski definition) is 1. The van der Waals surface area contributed by atoms with Gasteiger partial charge in [0, 0.05) is 19.6 Å². The zero-order valence-electron chi connectivity index (χ0n) is 16.2. The van der Waals surface area contributed by atoms with E-state index < -0.39 is 10.0 Å². The Kier molecular flexibility index (Phi) is 8.31. The van der Waals surface area contributed by atoms with Crippen molar-refractivity contribution in [3.63, 3.8) is 0 Å². The van der Waals surface area contributed by atoms with Gasteiger partial charge in [0.25, 0.3) is 5.91 Å². The Labute approximate surface area is 162 Å². The van der Waals surface area contributed by atoms with Crippen molar-refractivity contribution in [2.24, 2.45) is 0 Å². The summed E-state index contributed by atoms with van der Waals surface area (Å²) in [6.45, 7) is 5.00. The second-order valence-corrected chi connectivity index (χ2v) is 8.50. The van der Waals surface area contributed by atoms with E-state index in [0.29, 0.717) is 25.4 Å². The van der Waals surface area contributed by atoms with Crippen LogP contribution in [-0.2, 0) is 14.8 Å². The number of carbonyl (C=O) groups excluding carboxylic acids is 1. The number of nitrogens with zero attached hydrogens (tertiary/aromatic N) is 1. The maximum absolute atomic E-state index is 12.4. The minimum Gasteiger partial charge on any atom is -0.484 e. The SMILES string of the molecule is CCN(CC)S(=O)(=O)c1ccc(OCC(=O)NCCC2=CCCCC2)cc1. The van der Waals surface area contributed by atoms with Crippen LogP contribution in [0.5, 0.6) is 5.75 Å². The van der Waals surface area contributed by atoms with Gasteiger partial charge in [0.15, 0.2) is 6.61 Å². The van der Waals surface area contributed by atoms with Crippen LogP contribution in [0.4, 0.5) is 0 Å². The predicted octanol–water partition coefficient (Wildman–Crippen LogP) is 3.10. The number of amides is 1. The normalized spacial score (nSPS) is 14.7. The first-order valence-corrected chi connectivity index (χ1v) is 11.1. The van der Waals surface area contributed by atoms with E-state index in [4.69, 9.17) is 4.74 Å². The van der Waals surface area contributed by atoms with Crippen LogP contribution in [0.2, 0.25) is 0 Å². The third kappa shape index (κ3) is 6.36. The topological polar surface area (TPSA) is 75.7 Å². The Morgan fingerprint density at radius 2 is 1.85 bits per heavy atom. The maximum atomic E-state index is 12.4. The first kappa shape index (κ1) is 21.4. The number of carbonyl (C=O) groups is 1. The molecule has 0 heterocycles. The number of nitrogens with one attached hydrogen (secondary N) is 1. The highest BCUT2D eigenvalue weighted by Crippen LogP contribution is 2.20. The van der Waals surface area contributed by atoms with Crippen molar-refractivity contribution >= 4 is 15.9 Å². The van der Waals surface area contributed by atoms with E-state index >= 15 is 0 Å². The first-order chi connectivity index (χ1) is 13.0. The second kappa shape index (κ2) is 10.5. The van der Waals surface area contributed by atoms with Gasteiger partial charge in [-0.1, -0.05) is 25.5 Å². The zero-order chi connectivity index (χ0) is 19.7. The molecule has 0 saturated carbocycles. The van der Waals surface area contributed by atoms with E-state index in [9.17, 15) is 13.2 Å². The Balaban J connectivity index is 1.79. The Morgan fingerprint density at radius 1 is 1.15 bits per heavy atom. The molecule has 0 atom stereocenters. The highest BCUT2D eigenvalue weighted by Gasteiger charge is 2.21. The first-order valence-electron chi connectivity index (χ1n) is 9.65. The summed E-state index contributed by atoms with van der Waals surface area (Å²) in [6, 6.07) is 6.18. The van der Waals surface area contributed by atoms with Gasteiger partial charge in [-0.2, -0.15) is 4.31 Å². The van der Waals surface area contributed by atoms with Gasteiger partial charge in [-0.05, 0) is 56.4 Å². The fraction of sp³-hybridized carbons (Fsp3) is 0.550. The molecule has 1 amide bonds. The van der Waals surface area contributed by atoms with Crippen molar-refractivity contribution in [1.82, 2.24) is 9.62 Å². The van der Waals surface area contributed by atoms with Crippen molar-refractivity contribution < 1.29 is 17.9 Å². The molecule has 1 aliphatic rings. The number of allylic oxidation sites excluding steroid dienone is 1. The fourth-order valence-corrected chi connectivity index (χ4v) is 4.57. The van der Waals surface area contributed by atoms with E-state index in [1.807, 2.05) is 13.8 Å². The lowest BCUT2D eigenvalue weighted by molar-refractivity contribution is -0.123. The standard InChI is InChI=1S/C20H30N2O4S/c1-3-22(4-2)27(24,25)19-12-10-18(11-13-19)26-16-20(23)21-15-14-17-8-6-5-7-9-17/h8,10-13H,3-7,9,14-16H2,1-2H3,(H,21,23). The third-order valence-corrected chi connectivity index (χ3v) is 6.75. The summed E-state index contributed by atoms with van der Waals surface area (Å²) >= 11 is 0. The zero-order valence-corrected chi connectivity index (χ0v) is 17.1. The molecule has 7 heteroatoms. The molecular weight excluding hydrogens is 364 g/mol. The van der Waals surface area contributed by atoms with E-state index in [0.717, 1.165) is 19.3 Å². The number of sulfonamides is 1. The maximum Gasteiger partial charge on any atom is 0.257 e. The lowest BCUT2D eigenvalue weighted by Crippen LogP contribution is -2.30. The summed E-state index contributed by atoms with van der Waals surface area (Å²) in [5.41, 5.74) is 1.42. The van der Waals surface area contributed by atoms with Crippen molar-refractivity contribution in [1.29, 1.82) is 0 Å². The van der Waals surface area contributed by atoms with Crippen LogP contribution >= 0.6 is 0 Å². The second-order valence-electron chi connectivity index (χ2n) is 6.56. The van der Waals surface area contributed by atoms with Crippen LogP contribution in [0, 0.1) is 0 Å². The highest BCUT2D eigenvalue weighted by molar-refractivity contribution is 7.89. The number of benzene rings is 1. The predicted molar refractivity (Wildman–Crippen MR) is 106 cm³/mol. The van der Waals surface area contributed by atoms with E-state index in [1.54, 1.807) is 12.1 Å². The smallest absolute Gasteiger partial charge is 0.257 e. The van der Waals surface area contributed by atoms with Gasteiger partial charge in [-0.25, -0.2) is 8.42 Å². The number of ether oxygens (including phenoxy) is 1. The van der Waals surface area contributed by atoms with Gasteiger partial charge in [0.05, 0.1) is 4.90 Å². The minimum atomic E-state index is -3.48. The van der Waals surface area contributed by atoms with Crippen molar-refractivity contribution in [2.45, 2.75) is 50.8 Å². The van der Waals surface area contributed by atoms with Gasteiger partial charge in [-0.15, -0.1) is 0 Å². The average molecular weight is 395 g/mol. The fourth-order valence-electron chi connectivity index (χ4n) is 3.11. The van der Waals surface area contributed by atoms with Gasteiger partial charge < -0.3 is 10.1 Å². The molecule has 1 aromatic rings. The van der Waals surface area contributed by atoms with Gasteiger partial charge >= 0.3 is 0 Å². The molecule has 27 heavy (non-hydrogen) atoms. The Bertz CT molecular complexity index is 738. The molecule has 0 aliphatic heterocycles.